The molecule has 0 fully saturated rings. The number of nitrogens with zero attached hydrogens (tertiary/aromatic N) is 3. The number of aryl methyl sites for hydroxylation is 2. The maximum absolute atomic E-state index is 12.6. The predicted molar refractivity (Wildman–Crippen MR) is 124 cm³/mol. The molecule has 1 atom stereocenters. The molecule has 9 heteroatoms. The van der Waals surface area contributed by atoms with E-state index < -0.39 is 36.3 Å². The van der Waals surface area contributed by atoms with Gasteiger partial charge in [-0.25, -0.2) is 9.48 Å². The predicted octanol–water partition coefficient (Wildman–Crippen LogP) is 2.96. The van der Waals surface area contributed by atoms with Gasteiger partial charge in [-0.15, -0.1) is 0 Å². The molecule has 1 aromatic heterocycles. The molecule has 174 valence electrons. The molecule has 3 amide bonds. The van der Waals surface area contributed by atoms with E-state index in [4.69, 9.17) is 4.74 Å². The minimum Gasteiger partial charge on any atom is -0.454 e. The minimum absolute atomic E-state index is 0.237. The monoisotopic (exact) mass is 460 g/mol. The largest absolute Gasteiger partial charge is 0.454 e. The van der Waals surface area contributed by atoms with Crippen molar-refractivity contribution >= 4 is 29.4 Å². The minimum atomic E-state index is -1.17. The maximum atomic E-state index is 12.6. The Labute approximate surface area is 196 Å². The second-order valence-corrected chi connectivity index (χ2v) is 8.15. The number of benzene rings is 2. The van der Waals surface area contributed by atoms with E-state index in [2.05, 4.69) is 10.4 Å². The summed E-state index contributed by atoms with van der Waals surface area (Å²) in [6, 6.07) is 13.0. The molecule has 1 unspecified atom stereocenters. The molecular formula is C25H24N4O5. The highest BCUT2D eigenvalue weighted by Gasteiger charge is 2.41. The van der Waals surface area contributed by atoms with Gasteiger partial charge in [0.2, 0.25) is 0 Å². The number of fused-ring (bicyclic) bond motifs is 1. The van der Waals surface area contributed by atoms with Crippen molar-refractivity contribution in [2.24, 2.45) is 0 Å². The normalized spacial score (nSPS) is 13.6. The van der Waals surface area contributed by atoms with Gasteiger partial charge in [-0.1, -0.05) is 29.8 Å². The highest BCUT2D eigenvalue weighted by atomic mass is 16.5. The number of ether oxygens (including phenoxy) is 1. The van der Waals surface area contributed by atoms with Gasteiger partial charge in [0.15, 0.2) is 6.61 Å². The Kier molecular flexibility index (Phi) is 6.02. The number of carbonyl (C=O) groups excluding carboxylic acids is 4. The van der Waals surface area contributed by atoms with E-state index in [9.17, 15) is 19.2 Å². The van der Waals surface area contributed by atoms with Crippen LogP contribution in [0.1, 0.15) is 44.6 Å². The molecule has 0 radical (unpaired) electrons. The van der Waals surface area contributed by atoms with Crippen molar-refractivity contribution in [3.05, 3.63) is 76.6 Å². The molecule has 0 aliphatic carbocycles. The Hall–Kier alpha value is -4.27. The number of carbonyl (C=O) groups is 4. The molecule has 2 heterocycles. The van der Waals surface area contributed by atoms with Crippen LogP contribution in [0.15, 0.2) is 48.5 Å². The summed E-state index contributed by atoms with van der Waals surface area (Å²) in [6.07, 6.45) is 0. The van der Waals surface area contributed by atoms with Crippen molar-refractivity contribution in [2.45, 2.75) is 33.7 Å². The first-order valence-electron chi connectivity index (χ1n) is 10.8. The summed E-state index contributed by atoms with van der Waals surface area (Å²) in [5.41, 5.74) is 4.31. The number of nitrogens with one attached hydrogen (secondary N) is 1. The molecule has 0 saturated heterocycles. The highest BCUT2D eigenvalue weighted by molar-refractivity contribution is 6.22. The first kappa shape index (κ1) is 22.9. The molecule has 9 nitrogen and oxygen atoms in total. The number of imide groups is 1. The van der Waals surface area contributed by atoms with Gasteiger partial charge in [0.25, 0.3) is 17.7 Å². The van der Waals surface area contributed by atoms with Crippen LogP contribution >= 0.6 is 0 Å². The molecule has 4 rings (SSSR count). The number of rotatable bonds is 6. The summed E-state index contributed by atoms with van der Waals surface area (Å²) in [4.78, 5) is 51.0. The van der Waals surface area contributed by atoms with Crippen molar-refractivity contribution in [3.8, 4) is 5.69 Å². The van der Waals surface area contributed by atoms with Crippen LogP contribution in [0.25, 0.3) is 5.69 Å². The van der Waals surface area contributed by atoms with Gasteiger partial charge in [-0.05, 0) is 52.0 Å². The fourth-order valence-electron chi connectivity index (χ4n) is 3.86. The number of hydrogen-bond acceptors (Lipinski definition) is 6. The Morgan fingerprint density at radius 3 is 2.15 bits per heavy atom. The van der Waals surface area contributed by atoms with E-state index in [0.717, 1.165) is 21.8 Å². The first-order valence-corrected chi connectivity index (χ1v) is 10.8. The van der Waals surface area contributed by atoms with E-state index in [-0.39, 0.29) is 11.1 Å². The van der Waals surface area contributed by atoms with Gasteiger partial charge < -0.3 is 10.1 Å². The van der Waals surface area contributed by atoms with E-state index in [1.54, 1.807) is 23.7 Å². The molecular weight excluding hydrogens is 436 g/mol. The van der Waals surface area contributed by atoms with Crippen LogP contribution in [0.2, 0.25) is 0 Å². The van der Waals surface area contributed by atoms with E-state index >= 15 is 0 Å². The van der Waals surface area contributed by atoms with E-state index in [0.29, 0.717) is 11.4 Å². The Morgan fingerprint density at radius 2 is 1.56 bits per heavy atom. The standard InChI is InChI=1S/C25H24N4O5/c1-14-9-11-18(12-10-14)29-16(3)22(15(2)27-29)26-21(30)13-34-25(33)17(4)28-23(31)19-7-5-6-8-20(19)24(28)32/h5-12,17H,13H2,1-4H3,(H,26,30). The lowest BCUT2D eigenvalue weighted by molar-refractivity contribution is -0.150. The van der Waals surface area contributed by atoms with Gasteiger partial charge in [0.1, 0.15) is 6.04 Å². The number of hydrogen-bond donors (Lipinski definition) is 1. The zero-order valence-corrected chi connectivity index (χ0v) is 19.3. The maximum Gasteiger partial charge on any atom is 0.329 e. The number of amides is 3. The number of esters is 1. The van der Waals surface area contributed by atoms with E-state index in [1.807, 2.05) is 38.1 Å². The SMILES string of the molecule is Cc1ccc(-n2nc(C)c(NC(=O)COC(=O)C(C)N3C(=O)c4ccccc4C3=O)c2C)cc1. The molecule has 1 aliphatic heterocycles. The first-order chi connectivity index (χ1) is 16.2. The lowest BCUT2D eigenvalue weighted by Crippen LogP contribution is -2.44. The Balaban J connectivity index is 1.39. The summed E-state index contributed by atoms with van der Waals surface area (Å²) >= 11 is 0. The lowest BCUT2D eigenvalue weighted by Gasteiger charge is -2.20. The van der Waals surface area contributed by atoms with Crippen molar-refractivity contribution in [2.75, 3.05) is 11.9 Å². The molecule has 0 bridgehead atoms. The average Bonchev–Trinajstić information content (AvgIpc) is 3.25. The fourth-order valence-corrected chi connectivity index (χ4v) is 3.86. The summed E-state index contributed by atoms with van der Waals surface area (Å²) in [5, 5.41) is 7.22. The summed E-state index contributed by atoms with van der Waals surface area (Å²) in [7, 11) is 0. The third-order valence-corrected chi connectivity index (χ3v) is 5.73. The van der Waals surface area contributed by atoms with Gasteiger partial charge in [0.05, 0.1) is 33.9 Å². The zero-order chi connectivity index (χ0) is 24.6. The summed E-state index contributed by atoms with van der Waals surface area (Å²) in [5.74, 6) is -2.54. The fraction of sp³-hybridized carbons (Fsp3) is 0.240. The van der Waals surface area contributed by atoms with Crippen LogP contribution < -0.4 is 5.32 Å². The lowest BCUT2D eigenvalue weighted by atomic mass is 10.1. The molecule has 1 aliphatic rings. The second-order valence-electron chi connectivity index (χ2n) is 8.15. The van der Waals surface area contributed by atoms with Gasteiger partial charge in [0, 0.05) is 0 Å². The van der Waals surface area contributed by atoms with Crippen LogP contribution in [0.4, 0.5) is 5.69 Å². The van der Waals surface area contributed by atoms with Crippen molar-refractivity contribution < 1.29 is 23.9 Å². The van der Waals surface area contributed by atoms with Crippen LogP contribution in [-0.4, -0.2) is 51.0 Å². The Morgan fingerprint density at radius 1 is 0.971 bits per heavy atom. The molecule has 3 aromatic rings. The van der Waals surface area contributed by atoms with Crippen molar-refractivity contribution in [1.82, 2.24) is 14.7 Å². The van der Waals surface area contributed by atoms with Crippen LogP contribution in [0.3, 0.4) is 0 Å². The van der Waals surface area contributed by atoms with Crippen LogP contribution in [0, 0.1) is 20.8 Å². The third-order valence-electron chi connectivity index (χ3n) is 5.73. The van der Waals surface area contributed by atoms with Gasteiger partial charge >= 0.3 is 5.97 Å². The summed E-state index contributed by atoms with van der Waals surface area (Å²) < 4.78 is 6.83. The highest BCUT2D eigenvalue weighted by Crippen LogP contribution is 2.25. The average molecular weight is 460 g/mol. The number of anilines is 1. The molecule has 1 N–H and O–H groups in total. The molecule has 34 heavy (non-hydrogen) atoms. The third kappa shape index (κ3) is 4.07. The smallest absolute Gasteiger partial charge is 0.329 e. The molecule has 0 saturated carbocycles. The molecule has 2 aromatic carbocycles. The summed E-state index contributed by atoms with van der Waals surface area (Å²) in [6.45, 7) is 6.41. The van der Waals surface area contributed by atoms with E-state index in [1.165, 1.54) is 19.1 Å². The number of aromatic nitrogens is 2. The second kappa shape index (κ2) is 8.93. The quantitative estimate of drug-likeness (QED) is 0.447. The van der Waals surface area contributed by atoms with Gasteiger partial charge in [-0.2, -0.15) is 5.10 Å². The van der Waals surface area contributed by atoms with Crippen LogP contribution in [0.5, 0.6) is 0 Å². The topological polar surface area (TPSA) is 111 Å². The molecule has 0 spiro atoms. The van der Waals surface area contributed by atoms with Crippen LogP contribution in [-0.2, 0) is 14.3 Å². The van der Waals surface area contributed by atoms with Crippen molar-refractivity contribution in [1.29, 1.82) is 0 Å². The van der Waals surface area contributed by atoms with Gasteiger partial charge in [-0.3, -0.25) is 19.3 Å². The Bertz CT molecular complexity index is 1270. The zero-order valence-electron chi connectivity index (χ0n) is 19.3. The van der Waals surface area contributed by atoms with Crippen molar-refractivity contribution in [3.63, 3.8) is 0 Å².